The van der Waals surface area contributed by atoms with Crippen LogP contribution in [0.4, 0.5) is 11.4 Å². The van der Waals surface area contributed by atoms with Crippen molar-refractivity contribution in [2.45, 2.75) is 4.90 Å². The highest BCUT2D eigenvalue weighted by molar-refractivity contribution is 7.89. The third kappa shape index (κ3) is 6.39. The molecule has 1 amide bonds. The standard InChI is InChI=1S/C22H21N3O5S/c1-29-21-5-3-2-4-20(21)25-22(26)15-30-18-10-6-16(7-11-18)14-24-17-8-12-19(13-9-17)31(23,27)28/h2-14H,15H2,1H3,(H,25,26)(H2,23,27,28). The Morgan fingerprint density at radius 1 is 1.03 bits per heavy atom. The van der Waals surface area contributed by atoms with Crippen molar-refractivity contribution in [2.24, 2.45) is 10.1 Å². The van der Waals surface area contributed by atoms with Crippen molar-refractivity contribution in [3.8, 4) is 11.5 Å². The largest absolute Gasteiger partial charge is 0.495 e. The van der Waals surface area contributed by atoms with E-state index in [0.29, 0.717) is 22.9 Å². The summed E-state index contributed by atoms with van der Waals surface area (Å²) < 4.78 is 33.2. The van der Waals surface area contributed by atoms with Gasteiger partial charge in [0.25, 0.3) is 5.91 Å². The molecule has 9 heteroatoms. The Hall–Kier alpha value is -3.69. The van der Waals surface area contributed by atoms with Gasteiger partial charge >= 0.3 is 0 Å². The first kappa shape index (κ1) is 22.0. The molecule has 0 saturated carbocycles. The molecule has 0 bridgehead atoms. The number of sulfonamides is 1. The van der Waals surface area contributed by atoms with Crippen molar-refractivity contribution >= 4 is 33.5 Å². The van der Waals surface area contributed by atoms with Crippen LogP contribution in [0.2, 0.25) is 0 Å². The molecule has 0 spiro atoms. The zero-order chi connectivity index (χ0) is 22.3. The van der Waals surface area contributed by atoms with E-state index in [1.54, 1.807) is 60.8 Å². The van der Waals surface area contributed by atoms with Crippen LogP contribution in [0.15, 0.2) is 82.7 Å². The number of anilines is 1. The number of hydrogen-bond acceptors (Lipinski definition) is 6. The summed E-state index contributed by atoms with van der Waals surface area (Å²) in [5.74, 6) is 0.793. The number of ether oxygens (including phenoxy) is 2. The summed E-state index contributed by atoms with van der Waals surface area (Å²) in [6.07, 6.45) is 1.63. The fraction of sp³-hybridized carbons (Fsp3) is 0.0909. The van der Waals surface area contributed by atoms with Crippen LogP contribution in [0.5, 0.6) is 11.5 Å². The number of amides is 1. The highest BCUT2D eigenvalue weighted by Gasteiger charge is 2.08. The summed E-state index contributed by atoms with van der Waals surface area (Å²) in [6, 6.07) is 20.1. The van der Waals surface area contributed by atoms with E-state index in [1.807, 2.05) is 6.07 Å². The van der Waals surface area contributed by atoms with Crippen molar-refractivity contribution in [1.29, 1.82) is 0 Å². The minimum Gasteiger partial charge on any atom is -0.495 e. The highest BCUT2D eigenvalue weighted by Crippen LogP contribution is 2.23. The molecule has 0 heterocycles. The van der Waals surface area contributed by atoms with Gasteiger partial charge in [-0.15, -0.1) is 0 Å². The molecule has 0 fully saturated rings. The molecule has 0 aliphatic rings. The monoisotopic (exact) mass is 439 g/mol. The van der Waals surface area contributed by atoms with Crippen molar-refractivity contribution in [3.05, 3.63) is 78.4 Å². The number of nitrogens with two attached hydrogens (primary N) is 1. The van der Waals surface area contributed by atoms with Gasteiger partial charge in [0.15, 0.2) is 6.61 Å². The molecule has 160 valence electrons. The topological polar surface area (TPSA) is 120 Å². The SMILES string of the molecule is COc1ccccc1NC(=O)COc1ccc(C=Nc2ccc(S(N)(=O)=O)cc2)cc1. The van der Waals surface area contributed by atoms with Gasteiger partial charge in [0.1, 0.15) is 11.5 Å². The zero-order valence-electron chi connectivity index (χ0n) is 16.7. The predicted molar refractivity (Wildman–Crippen MR) is 119 cm³/mol. The first-order chi connectivity index (χ1) is 14.8. The Bertz CT molecular complexity index is 1170. The molecular formula is C22H21N3O5S. The number of carbonyl (C=O) groups excluding carboxylic acids is 1. The minimum absolute atomic E-state index is 0.0303. The third-order valence-electron chi connectivity index (χ3n) is 4.16. The van der Waals surface area contributed by atoms with Crippen molar-refractivity contribution < 1.29 is 22.7 Å². The molecule has 0 aromatic heterocycles. The van der Waals surface area contributed by atoms with Crippen LogP contribution in [0.1, 0.15) is 5.56 Å². The first-order valence-corrected chi connectivity index (χ1v) is 10.7. The highest BCUT2D eigenvalue weighted by atomic mass is 32.2. The average molecular weight is 439 g/mol. The number of aliphatic imine (C=N–C) groups is 1. The van der Waals surface area contributed by atoms with Crippen molar-refractivity contribution in [2.75, 3.05) is 19.0 Å². The van der Waals surface area contributed by atoms with Crippen LogP contribution in [-0.2, 0) is 14.8 Å². The molecule has 31 heavy (non-hydrogen) atoms. The van der Waals surface area contributed by atoms with Gasteiger partial charge in [-0.25, -0.2) is 13.6 Å². The van der Waals surface area contributed by atoms with Crippen LogP contribution >= 0.6 is 0 Å². The first-order valence-electron chi connectivity index (χ1n) is 9.18. The molecule has 0 aliphatic heterocycles. The second-order valence-electron chi connectivity index (χ2n) is 6.40. The fourth-order valence-corrected chi connectivity index (χ4v) is 3.12. The number of hydrogen-bond donors (Lipinski definition) is 2. The van der Waals surface area contributed by atoms with Gasteiger partial charge in [-0.1, -0.05) is 12.1 Å². The minimum atomic E-state index is -3.73. The number of nitrogens with one attached hydrogen (secondary N) is 1. The summed E-state index contributed by atoms with van der Waals surface area (Å²) in [5, 5.41) is 7.81. The maximum Gasteiger partial charge on any atom is 0.262 e. The van der Waals surface area contributed by atoms with E-state index < -0.39 is 10.0 Å². The number of primary sulfonamides is 1. The molecule has 0 atom stereocenters. The van der Waals surface area contributed by atoms with E-state index in [0.717, 1.165) is 5.56 Å². The van der Waals surface area contributed by atoms with Gasteiger partial charge in [-0.2, -0.15) is 0 Å². The smallest absolute Gasteiger partial charge is 0.262 e. The van der Waals surface area contributed by atoms with E-state index in [-0.39, 0.29) is 17.4 Å². The summed E-state index contributed by atoms with van der Waals surface area (Å²) in [7, 11) is -2.19. The number of benzene rings is 3. The van der Waals surface area contributed by atoms with Crippen LogP contribution in [0, 0.1) is 0 Å². The normalized spacial score (nSPS) is 11.3. The van der Waals surface area contributed by atoms with Crippen LogP contribution < -0.4 is 19.9 Å². The summed E-state index contributed by atoms with van der Waals surface area (Å²) >= 11 is 0. The fourth-order valence-electron chi connectivity index (χ4n) is 2.60. The lowest BCUT2D eigenvalue weighted by atomic mass is 10.2. The Morgan fingerprint density at radius 2 is 1.71 bits per heavy atom. The maximum absolute atomic E-state index is 12.1. The number of methoxy groups -OCH3 is 1. The molecule has 0 aliphatic carbocycles. The molecule has 0 saturated heterocycles. The van der Waals surface area contributed by atoms with Crippen LogP contribution in [0.3, 0.4) is 0 Å². The molecule has 0 radical (unpaired) electrons. The number of rotatable bonds is 8. The van der Waals surface area contributed by atoms with Gasteiger partial charge in [0.05, 0.1) is 23.4 Å². The number of para-hydroxylation sites is 2. The van der Waals surface area contributed by atoms with Gasteiger partial charge in [-0.3, -0.25) is 9.79 Å². The van der Waals surface area contributed by atoms with Crippen LogP contribution in [0.25, 0.3) is 0 Å². The van der Waals surface area contributed by atoms with Crippen molar-refractivity contribution in [3.63, 3.8) is 0 Å². The van der Waals surface area contributed by atoms with E-state index in [2.05, 4.69) is 10.3 Å². The van der Waals surface area contributed by atoms with E-state index in [9.17, 15) is 13.2 Å². The summed E-state index contributed by atoms with van der Waals surface area (Å²) in [5.41, 5.74) is 1.96. The Balaban J connectivity index is 1.54. The van der Waals surface area contributed by atoms with Gasteiger partial charge < -0.3 is 14.8 Å². The second kappa shape index (κ2) is 9.88. The Labute approximate surface area is 180 Å². The molecule has 3 rings (SSSR count). The number of carbonyl (C=O) groups is 1. The Morgan fingerprint density at radius 3 is 2.35 bits per heavy atom. The number of nitrogens with zero attached hydrogens (tertiary/aromatic N) is 1. The zero-order valence-corrected chi connectivity index (χ0v) is 17.5. The molecular weight excluding hydrogens is 418 g/mol. The molecule has 8 nitrogen and oxygen atoms in total. The summed E-state index contributed by atoms with van der Waals surface area (Å²) in [4.78, 5) is 16.4. The lowest BCUT2D eigenvalue weighted by Crippen LogP contribution is -2.20. The van der Waals surface area contributed by atoms with Gasteiger partial charge in [-0.05, 0) is 66.2 Å². The van der Waals surface area contributed by atoms with Gasteiger partial charge in [0, 0.05) is 6.21 Å². The third-order valence-corrected chi connectivity index (χ3v) is 5.09. The molecule has 3 aromatic rings. The van der Waals surface area contributed by atoms with E-state index in [4.69, 9.17) is 14.6 Å². The second-order valence-corrected chi connectivity index (χ2v) is 7.96. The molecule has 0 unspecified atom stereocenters. The average Bonchev–Trinajstić information content (AvgIpc) is 2.77. The lowest BCUT2D eigenvalue weighted by molar-refractivity contribution is -0.118. The quantitative estimate of drug-likeness (QED) is 0.523. The molecule has 3 aromatic carbocycles. The van der Waals surface area contributed by atoms with Crippen molar-refractivity contribution in [1.82, 2.24) is 0 Å². The van der Waals surface area contributed by atoms with Crippen LogP contribution in [-0.4, -0.2) is 34.3 Å². The molecule has 3 N–H and O–H groups in total. The van der Waals surface area contributed by atoms with E-state index >= 15 is 0 Å². The van der Waals surface area contributed by atoms with E-state index in [1.165, 1.54) is 19.2 Å². The predicted octanol–water partition coefficient (Wildman–Crippen LogP) is 3.11. The Kier molecular flexibility index (Phi) is 7.01. The lowest BCUT2D eigenvalue weighted by Gasteiger charge is -2.10. The summed E-state index contributed by atoms with van der Waals surface area (Å²) in [6.45, 7) is -0.151. The maximum atomic E-state index is 12.1. The van der Waals surface area contributed by atoms with Gasteiger partial charge in [0.2, 0.25) is 10.0 Å².